The molecule has 2 aliphatic rings. The molecular weight excluding hydrogens is 400 g/mol. The highest BCUT2D eigenvalue weighted by molar-refractivity contribution is 7.92. The number of nitrogens with zero attached hydrogens (tertiary/aromatic N) is 2. The molecule has 0 bridgehead atoms. The minimum atomic E-state index is -3.76. The number of aryl methyl sites for hydroxylation is 2. The third-order valence-electron chi connectivity index (χ3n) is 5.49. The summed E-state index contributed by atoms with van der Waals surface area (Å²) in [4.78, 5) is 2.53. The number of sulfonamides is 1. The third kappa shape index (κ3) is 5.13. The minimum absolute atomic E-state index is 0.0556. The summed E-state index contributed by atoms with van der Waals surface area (Å²) in [5.74, 6) is -0.0330. The normalized spacial score (nSPS) is 23.3. The average Bonchev–Trinajstić information content (AvgIpc) is 2.98. The van der Waals surface area contributed by atoms with Crippen LogP contribution in [-0.4, -0.2) is 83.0 Å². The molecule has 1 aromatic carbocycles. The zero-order valence-corrected chi connectivity index (χ0v) is 18.3. The van der Waals surface area contributed by atoms with Crippen LogP contribution in [-0.2, 0) is 24.6 Å². The third-order valence-corrected chi connectivity index (χ3v) is 9.35. The molecule has 0 aliphatic carbocycles. The van der Waals surface area contributed by atoms with Gasteiger partial charge in [-0.3, -0.25) is 4.90 Å². The molecule has 3 rings (SSSR count). The highest BCUT2D eigenvalue weighted by atomic mass is 32.2. The number of morpholine rings is 1. The van der Waals surface area contributed by atoms with Crippen molar-refractivity contribution >= 4 is 19.9 Å². The molecule has 7 nitrogen and oxygen atoms in total. The summed E-state index contributed by atoms with van der Waals surface area (Å²) in [6.07, 6.45) is 1.03. The van der Waals surface area contributed by atoms with Crippen LogP contribution in [0.2, 0.25) is 0 Å². The second kappa shape index (κ2) is 8.79. The van der Waals surface area contributed by atoms with Gasteiger partial charge in [-0.1, -0.05) is 17.7 Å². The van der Waals surface area contributed by atoms with Gasteiger partial charge in [-0.05, 0) is 44.9 Å². The number of ether oxygens (including phenoxy) is 1. The van der Waals surface area contributed by atoms with E-state index in [1.165, 1.54) is 4.31 Å². The van der Waals surface area contributed by atoms with Crippen LogP contribution in [0.1, 0.15) is 24.0 Å². The lowest BCUT2D eigenvalue weighted by Crippen LogP contribution is -2.43. The van der Waals surface area contributed by atoms with E-state index in [4.69, 9.17) is 4.74 Å². The van der Waals surface area contributed by atoms with E-state index in [1.54, 1.807) is 19.1 Å². The Labute approximate surface area is 168 Å². The van der Waals surface area contributed by atoms with Gasteiger partial charge in [0.25, 0.3) is 0 Å². The average molecular weight is 431 g/mol. The van der Waals surface area contributed by atoms with Gasteiger partial charge < -0.3 is 4.74 Å². The highest BCUT2D eigenvalue weighted by Gasteiger charge is 2.39. The zero-order chi connectivity index (χ0) is 20.4. The van der Waals surface area contributed by atoms with Crippen molar-refractivity contribution in [1.29, 1.82) is 0 Å². The lowest BCUT2D eigenvalue weighted by atomic mass is 10.2. The molecule has 0 radical (unpaired) electrons. The Hall–Kier alpha value is -1.00. The minimum Gasteiger partial charge on any atom is -0.379 e. The summed E-state index contributed by atoms with van der Waals surface area (Å²) in [6, 6.07) is 4.79. The number of sulfone groups is 1. The standard InChI is InChI=1S/C19H30N2O5S2/c1-16-4-5-19(17(2)14-16)28(24,25)21(18-6-13-27(22,23)15-18)8-3-7-20-9-11-26-12-10-20/h4-5,14,18H,3,6-13,15H2,1-2H3/t18-/m1/s1. The Balaban J connectivity index is 1.80. The number of benzene rings is 1. The van der Waals surface area contributed by atoms with Crippen LogP contribution in [0.4, 0.5) is 0 Å². The molecule has 9 heteroatoms. The first-order valence-electron chi connectivity index (χ1n) is 9.79. The summed E-state index contributed by atoms with van der Waals surface area (Å²) in [7, 11) is -6.94. The molecule has 0 unspecified atom stereocenters. The van der Waals surface area contributed by atoms with Crippen molar-refractivity contribution in [3.8, 4) is 0 Å². The van der Waals surface area contributed by atoms with Crippen LogP contribution in [0.15, 0.2) is 23.1 Å². The van der Waals surface area contributed by atoms with E-state index in [2.05, 4.69) is 4.90 Å². The smallest absolute Gasteiger partial charge is 0.243 e. The second-order valence-electron chi connectivity index (χ2n) is 7.75. The number of rotatable bonds is 7. The van der Waals surface area contributed by atoms with Crippen molar-refractivity contribution in [3.63, 3.8) is 0 Å². The van der Waals surface area contributed by atoms with Gasteiger partial charge in [0, 0.05) is 25.7 Å². The molecule has 28 heavy (non-hydrogen) atoms. The largest absolute Gasteiger partial charge is 0.379 e. The Morgan fingerprint density at radius 1 is 1.21 bits per heavy atom. The van der Waals surface area contributed by atoms with Gasteiger partial charge in [-0.15, -0.1) is 0 Å². The van der Waals surface area contributed by atoms with Crippen molar-refractivity contribution in [2.75, 3.05) is 50.9 Å². The van der Waals surface area contributed by atoms with Crippen LogP contribution in [0.25, 0.3) is 0 Å². The molecule has 0 saturated carbocycles. The number of hydrogen-bond donors (Lipinski definition) is 0. The van der Waals surface area contributed by atoms with Crippen molar-refractivity contribution in [1.82, 2.24) is 9.21 Å². The van der Waals surface area contributed by atoms with Gasteiger partial charge >= 0.3 is 0 Å². The van der Waals surface area contributed by atoms with E-state index in [0.29, 0.717) is 38.2 Å². The summed E-state index contributed by atoms with van der Waals surface area (Å²) in [5.41, 5.74) is 1.69. The summed E-state index contributed by atoms with van der Waals surface area (Å²) in [6.45, 7) is 7.92. The Morgan fingerprint density at radius 3 is 2.54 bits per heavy atom. The summed E-state index contributed by atoms with van der Waals surface area (Å²) >= 11 is 0. The fourth-order valence-corrected chi connectivity index (χ4v) is 7.72. The Bertz CT molecular complexity index is 893. The van der Waals surface area contributed by atoms with Gasteiger partial charge in [0.1, 0.15) is 0 Å². The van der Waals surface area contributed by atoms with Crippen molar-refractivity contribution in [2.45, 2.75) is 37.6 Å². The van der Waals surface area contributed by atoms with Crippen LogP contribution in [0, 0.1) is 13.8 Å². The van der Waals surface area contributed by atoms with Gasteiger partial charge in [0.05, 0.1) is 29.6 Å². The van der Waals surface area contributed by atoms with Gasteiger partial charge in [-0.25, -0.2) is 16.8 Å². The lowest BCUT2D eigenvalue weighted by molar-refractivity contribution is 0.0367. The molecule has 0 spiro atoms. The first-order chi connectivity index (χ1) is 13.2. The molecule has 158 valence electrons. The maximum absolute atomic E-state index is 13.4. The number of hydrogen-bond acceptors (Lipinski definition) is 6. The molecule has 0 aromatic heterocycles. The predicted octanol–water partition coefficient (Wildman–Crippen LogP) is 1.20. The molecule has 0 amide bonds. The zero-order valence-electron chi connectivity index (χ0n) is 16.6. The van der Waals surface area contributed by atoms with Crippen molar-refractivity contribution in [3.05, 3.63) is 29.3 Å². The van der Waals surface area contributed by atoms with Gasteiger partial charge in [0.2, 0.25) is 10.0 Å². The molecule has 2 saturated heterocycles. The maximum Gasteiger partial charge on any atom is 0.243 e. The van der Waals surface area contributed by atoms with E-state index in [0.717, 1.165) is 25.2 Å². The molecule has 2 heterocycles. The second-order valence-corrected chi connectivity index (χ2v) is 11.8. The van der Waals surface area contributed by atoms with Crippen LogP contribution in [0.5, 0.6) is 0 Å². The van der Waals surface area contributed by atoms with Crippen LogP contribution in [0.3, 0.4) is 0 Å². The van der Waals surface area contributed by atoms with Gasteiger partial charge in [-0.2, -0.15) is 4.31 Å². The molecule has 1 atom stereocenters. The molecule has 1 aromatic rings. The lowest BCUT2D eigenvalue weighted by Gasteiger charge is -2.30. The quantitative estimate of drug-likeness (QED) is 0.646. The van der Waals surface area contributed by atoms with E-state index < -0.39 is 25.9 Å². The Morgan fingerprint density at radius 2 is 1.93 bits per heavy atom. The highest BCUT2D eigenvalue weighted by Crippen LogP contribution is 2.27. The van der Waals surface area contributed by atoms with E-state index >= 15 is 0 Å². The fourth-order valence-electron chi connectivity index (χ4n) is 3.99. The first kappa shape index (κ1) is 21.7. The van der Waals surface area contributed by atoms with E-state index in [9.17, 15) is 16.8 Å². The van der Waals surface area contributed by atoms with E-state index in [1.807, 2.05) is 13.0 Å². The Kier molecular flexibility index (Phi) is 6.81. The van der Waals surface area contributed by atoms with Crippen molar-refractivity contribution < 1.29 is 21.6 Å². The molecule has 2 aliphatic heterocycles. The fraction of sp³-hybridized carbons (Fsp3) is 0.684. The SMILES string of the molecule is Cc1ccc(S(=O)(=O)N(CCCN2CCOCC2)[C@@H]2CCS(=O)(=O)C2)c(C)c1. The molecular formula is C19H30N2O5S2. The van der Waals surface area contributed by atoms with Crippen molar-refractivity contribution in [2.24, 2.45) is 0 Å². The molecule has 2 fully saturated rings. The monoisotopic (exact) mass is 430 g/mol. The predicted molar refractivity (Wildman–Crippen MR) is 109 cm³/mol. The molecule has 0 N–H and O–H groups in total. The summed E-state index contributed by atoms with van der Waals surface area (Å²) < 4.78 is 57.7. The summed E-state index contributed by atoms with van der Waals surface area (Å²) in [5, 5.41) is 0. The topological polar surface area (TPSA) is 84.0 Å². The first-order valence-corrected chi connectivity index (χ1v) is 13.0. The van der Waals surface area contributed by atoms with Crippen LogP contribution >= 0.6 is 0 Å². The van der Waals surface area contributed by atoms with Crippen LogP contribution < -0.4 is 0 Å². The van der Waals surface area contributed by atoms with E-state index in [-0.39, 0.29) is 16.4 Å². The maximum atomic E-state index is 13.4. The van der Waals surface area contributed by atoms with Gasteiger partial charge in [0.15, 0.2) is 9.84 Å².